The maximum absolute atomic E-state index is 5.62. The van der Waals surface area contributed by atoms with E-state index in [0.717, 1.165) is 40.2 Å². The standard InChI is InChI=1S/C15H16N2O2/c1-2-19-14-7-12-11(6-13(14)18-1)16-15(17-12)10-4-8-3-9(8)5-10/h6-10H,1-5H2,(H,16,17). The number of rotatable bonds is 1. The van der Waals surface area contributed by atoms with E-state index >= 15 is 0 Å². The van der Waals surface area contributed by atoms with Gasteiger partial charge in [-0.2, -0.15) is 0 Å². The number of benzene rings is 1. The van der Waals surface area contributed by atoms with Crippen LogP contribution in [0.2, 0.25) is 0 Å². The average molecular weight is 256 g/mol. The molecule has 2 atom stereocenters. The number of ether oxygens (including phenoxy) is 2. The second-order valence-corrected chi connectivity index (χ2v) is 6.06. The zero-order chi connectivity index (χ0) is 12.4. The lowest BCUT2D eigenvalue weighted by Gasteiger charge is -2.17. The molecule has 2 heterocycles. The second kappa shape index (κ2) is 3.44. The summed E-state index contributed by atoms with van der Waals surface area (Å²) in [4.78, 5) is 8.25. The minimum Gasteiger partial charge on any atom is -0.486 e. The van der Waals surface area contributed by atoms with Crippen LogP contribution in [0.3, 0.4) is 0 Å². The maximum atomic E-state index is 5.62. The largest absolute Gasteiger partial charge is 0.486 e. The van der Waals surface area contributed by atoms with E-state index in [1.807, 2.05) is 12.1 Å². The Morgan fingerprint density at radius 1 is 1.00 bits per heavy atom. The fourth-order valence-corrected chi connectivity index (χ4v) is 3.70. The highest BCUT2D eigenvalue weighted by atomic mass is 16.6. The molecule has 5 rings (SSSR count). The van der Waals surface area contributed by atoms with Gasteiger partial charge in [0.2, 0.25) is 0 Å². The van der Waals surface area contributed by atoms with Gasteiger partial charge in [0.25, 0.3) is 0 Å². The Bertz CT molecular complexity index is 610. The molecule has 2 saturated carbocycles. The van der Waals surface area contributed by atoms with Crippen molar-refractivity contribution in [2.24, 2.45) is 11.8 Å². The van der Waals surface area contributed by atoms with Gasteiger partial charge in [0.1, 0.15) is 19.0 Å². The Labute approximate surface area is 111 Å². The van der Waals surface area contributed by atoms with Crippen LogP contribution in [0, 0.1) is 11.8 Å². The first-order valence-electron chi connectivity index (χ1n) is 7.16. The highest BCUT2D eigenvalue weighted by molar-refractivity contribution is 5.80. The number of H-pyrrole nitrogens is 1. The number of imidazole rings is 1. The van der Waals surface area contributed by atoms with Crippen molar-refractivity contribution >= 4 is 11.0 Å². The quantitative estimate of drug-likeness (QED) is 0.853. The van der Waals surface area contributed by atoms with Gasteiger partial charge in [-0.25, -0.2) is 4.98 Å². The Balaban J connectivity index is 1.57. The zero-order valence-electron chi connectivity index (χ0n) is 10.7. The fraction of sp³-hybridized carbons (Fsp3) is 0.533. The average Bonchev–Trinajstić information content (AvgIpc) is 2.87. The molecule has 1 aromatic heterocycles. The first-order valence-corrected chi connectivity index (χ1v) is 7.16. The number of nitrogens with one attached hydrogen (secondary N) is 1. The highest BCUT2D eigenvalue weighted by Gasteiger charge is 2.47. The predicted molar refractivity (Wildman–Crippen MR) is 70.7 cm³/mol. The normalized spacial score (nSPS) is 31.5. The summed E-state index contributed by atoms with van der Waals surface area (Å²) in [6.45, 7) is 1.26. The summed E-state index contributed by atoms with van der Waals surface area (Å²) in [6.07, 6.45) is 4.08. The van der Waals surface area contributed by atoms with Gasteiger partial charge in [0, 0.05) is 18.1 Å². The summed E-state index contributed by atoms with van der Waals surface area (Å²) in [5, 5.41) is 0. The molecule has 4 nitrogen and oxygen atoms in total. The smallest absolute Gasteiger partial charge is 0.163 e. The van der Waals surface area contributed by atoms with E-state index in [9.17, 15) is 0 Å². The van der Waals surface area contributed by atoms with Gasteiger partial charge in [0.05, 0.1) is 11.0 Å². The van der Waals surface area contributed by atoms with Crippen molar-refractivity contribution < 1.29 is 9.47 Å². The lowest BCUT2D eigenvalue weighted by atomic mass is 10.0. The lowest BCUT2D eigenvalue weighted by Crippen LogP contribution is -2.15. The van der Waals surface area contributed by atoms with E-state index in [0.29, 0.717) is 19.1 Å². The van der Waals surface area contributed by atoms with Crippen molar-refractivity contribution in [1.82, 2.24) is 9.97 Å². The molecule has 98 valence electrons. The van der Waals surface area contributed by atoms with Gasteiger partial charge < -0.3 is 14.5 Å². The molecular formula is C15H16N2O2. The van der Waals surface area contributed by atoms with Crippen LogP contribution in [0.1, 0.15) is 31.0 Å². The Kier molecular flexibility index (Phi) is 1.83. The minimum absolute atomic E-state index is 0.627. The molecular weight excluding hydrogens is 240 g/mol. The summed E-state index contributed by atoms with van der Waals surface area (Å²) >= 11 is 0. The summed E-state index contributed by atoms with van der Waals surface area (Å²) in [6, 6.07) is 4.02. The number of hydrogen-bond donors (Lipinski definition) is 1. The SMILES string of the molecule is c1c2c(cc3[nH]c(C4CC5CC5C4)nc13)OCCO2. The van der Waals surface area contributed by atoms with Crippen molar-refractivity contribution in [2.45, 2.75) is 25.2 Å². The van der Waals surface area contributed by atoms with Crippen molar-refractivity contribution in [1.29, 1.82) is 0 Å². The third-order valence-corrected chi connectivity index (χ3v) is 4.79. The molecule has 0 saturated heterocycles. The molecule has 1 N–H and O–H groups in total. The molecule has 1 aromatic carbocycles. The van der Waals surface area contributed by atoms with Crippen LogP contribution in [0.5, 0.6) is 11.5 Å². The third-order valence-electron chi connectivity index (χ3n) is 4.79. The van der Waals surface area contributed by atoms with Crippen LogP contribution in [0.25, 0.3) is 11.0 Å². The van der Waals surface area contributed by atoms with E-state index in [4.69, 9.17) is 14.5 Å². The van der Waals surface area contributed by atoms with Crippen LogP contribution in [-0.2, 0) is 0 Å². The van der Waals surface area contributed by atoms with Gasteiger partial charge in [-0.15, -0.1) is 0 Å². The lowest BCUT2D eigenvalue weighted by molar-refractivity contribution is 0.172. The van der Waals surface area contributed by atoms with Crippen molar-refractivity contribution in [3.8, 4) is 11.5 Å². The van der Waals surface area contributed by atoms with Gasteiger partial charge in [0.15, 0.2) is 11.5 Å². The van der Waals surface area contributed by atoms with E-state index in [2.05, 4.69) is 4.98 Å². The topological polar surface area (TPSA) is 47.1 Å². The molecule has 1 aliphatic heterocycles. The van der Waals surface area contributed by atoms with Gasteiger partial charge in [-0.3, -0.25) is 0 Å². The van der Waals surface area contributed by atoms with Crippen LogP contribution >= 0.6 is 0 Å². The minimum atomic E-state index is 0.627. The summed E-state index contributed by atoms with van der Waals surface area (Å²) in [7, 11) is 0. The molecule has 2 aromatic rings. The molecule has 2 aliphatic carbocycles. The zero-order valence-corrected chi connectivity index (χ0v) is 10.7. The number of aromatic amines is 1. The number of hydrogen-bond acceptors (Lipinski definition) is 3. The van der Waals surface area contributed by atoms with Gasteiger partial charge in [-0.1, -0.05) is 0 Å². The highest BCUT2D eigenvalue weighted by Crippen LogP contribution is 2.57. The molecule has 2 unspecified atom stereocenters. The van der Waals surface area contributed by atoms with Crippen molar-refractivity contribution in [3.05, 3.63) is 18.0 Å². The molecule has 0 radical (unpaired) electrons. The van der Waals surface area contributed by atoms with Crippen LogP contribution in [0.15, 0.2) is 12.1 Å². The predicted octanol–water partition coefficient (Wildman–Crippen LogP) is 2.85. The molecule has 0 bridgehead atoms. The monoisotopic (exact) mass is 256 g/mol. The van der Waals surface area contributed by atoms with Crippen LogP contribution in [0.4, 0.5) is 0 Å². The summed E-state index contributed by atoms with van der Waals surface area (Å²) in [5.41, 5.74) is 2.07. The third kappa shape index (κ3) is 1.49. The van der Waals surface area contributed by atoms with Crippen LogP contribution < -0.4 is 9.47 Å². The first-order chi connectivity index (χ1) is 9.37. The number of aromatic nitrogens is 2. The maximum Gasteiger partial charge on any atom is 0.163 e. The van der Waals surface area contributed by atoms with Gasteiger partial charge >= 0.3 is 0 Å². The Morgan fingerprint density at radius 3 is 2.53 bits per heavy atom. The number of nitrogens with zero attached hydrogens (tertiary/aromatic N) is 1. The Hall–Kier alpha value is -1.71. The van der Waals surface area contributed by atoms with Gasteiger partial charge in [-0.05, 0) is 31.1 Å². The Morgan fingerprint density at radius 2 is 1.74 bits per heavy atom. The summed E-state index contributed by atoms with van der Waals surface area (Å²) in [5.74, 6) is 5.42. The van der Waals surface area contributed by atoms with Crippen molar-refractivity contribution in [3.63, 3.8) is 0 Å². The van der Waals surface area contributed by atoms with E-state index < -0.39 is 0 Å². The molecule has 19 heavy (non-hydrogen) atoms. The fourth-order valence-electron chi connectivity index (χ4n) is 3.70. The van der Waals surface area contributed by atoms with Crippen molar-refractivity contribution in [2.75, 3.05) is 13.2 Å². The van der Waals surface area contributed by atoms with Crippen LogP contribution in [-0.4, -0.2) is 23.2 Å². The van der Waals surface area contributed by atoms with E-state index in [1.165, 1.54) is 19.3 Å². The molecule has 0 spiro atoms. The number of fused-ring (bicyclic) bond motifs is 3. The second-order valence-electron chi connectivity index (χ2n) is 6.06. The van der Waals surface area contributed by atoms with E-state index in [-0.39, 0.29) is 0 Å². The molecule has 3 aliphatic rings. The van der Waals surface area contributed by atoms with E-state index in [1.54, 1.807) is 0 Å². The molecule has 4 heteroatoms. The molecule has 2 fully saturated rings. The molecule has 0 amide bonds. The first kappa shape index (κ1) is 10.1. The summed E-state index contributed by atoms with van der Waals surface area (Å²) < 4.78 is 11.2.